The molecule has 0 aromatic heterocycles. The van der Waals surface area contributed by atoms with Gasteiger partial charge in [-0.2, -0.15) is 0 Å². The number of ketones is 1. The highest BCUT2D eigenvalue weighted by Crippen LogP contribution is 2.43. The van der Waals surface area contributed by atoms with Crippen molar-refractivity contribution < 1.29 is 28.9 Å². The van der Waals surface area contributed by atoms with Crippen LogP contribution in [-0.4, -0.2) is 42.0 Å². The molecular formula is C29H28ClNO6. The lowest BCUT2D eigenvalue weighted by atomic mass is 9.95. The van der Waals surface area contributed by atoms with Crippen LogP contribution < -0.4 is 14.2 Å². The number of amides is 1. The molecule has 1 N–H and O–H groups in total. The van der Waals surface area contributed by atoms with Crippen LogP contribution in [0, 0.1) is 0 Å². The van der Waals surface area contributed by atoms with Gasteiger partial charge in [0.25, 0.3) is 11.7 Å². The lowest BCUT2D eigenvalue weighted by molar-refractivity contribution is -0.140. The van der Waals surface area contributed by atoms with Crippen LogP contribution in [0.2, 0.25) is 5.02 Å². The summed E-state index contributed by atoms with van der Waals surface area (Å²) in [5.41, 5.74) is 1.46. The summed E-state index contributed by atoms with van der Waals surface area (Å²) in [7, 11) is 1.54. The second-order valence-electron chi connectivity index (χ2n) is 8.32. The van der Waals surface area contributed by atoms with E-state index in [0.717, 1.165) is 0 Å². The van der Waals surface area contributed by atoms with Gasteiger partial charge in [0.05, 0.1) is 43.5 Å². The van der Waals surface area contributed by atoms with Crippen LogP contribution >= 0.6 is 11.6 Å². The van der Waals surface area contributed by atoms with Crippen molar-refractivity contribution in [2.45, 2.75) is 26.4 Å². The fourth-order valence-electron chi connectivity index (χ4n) is 4.44. The van der Waals surface area contributed by atoms with E-state index in [-0.39, 0.29) is 28.5 Å². The van der Waals surface area contributed by atoms with Gasteiger partial charge in [0, 0.05) is 11.1 Å². The normalized spacial score (nSPS) is 16.6. The molecule has 1 unspecified atom stereocenters. The number of hydrogen-bond acceptors (Lipinski definition) is 6. The van der Waals surface area contributed by atoms with E-state index in [9.17, 15) is 14.7 Å². The minimum absolute atomic E-state index is 0.0657. The Bertz CT molecular complexity index is 1350. The molecular weight excluding hydrogens is 494 g/mol. The lowest BCUT2D eigenvalue weighted by Gasteiger charge is -2.26. The Morgan fingerprint density at radius 1 is 0.946 bits per heavy atom. The minimum atomic E-state index is -0.892. The summed E-state index contributed by atoms with van der Waals surface area (Å²) < 4.78 is 16.7. The SMILES string of the molecule is CCOc1cccc(C2/C(=C(\O)c3cc(OCC)ccc3Cl)C(=O)C(=O)N2Cc2ccccc2OC)c1. The van der Waals surface area contributed by atoms with Crippen molar-refractivity contribution >= 4 is 29.1 Å². The number of aliphatic hydroxyl groups excluding tert-OH is 1. The molecule has 1 aliphatic rings. The third kappa shape index (κ3) is 5.27. The highest BCUT2D eigenvalue weighted by Gasteiger charge is 2.46. The maximum atomic E-state index is 13.4. The zero-order valence-electron chi connectivity index (χ0n) is 20.9. The summed E-state index contributed by atoms with van der Waals surface area (Å²) in [4.78, 5) is 28.3. The molecule has 7 nitrogen and oxygen atoms in total. The monoisotopic (exact) mass is 521 g/mol. The molecule has 0 radical (unpaired) electrons. The predicted molar refractivity (Wildman–Crippen MR) is 141 cm³/mol. The van der Waals surface area contributed by atoms with Crippen molar-refractivity contribution in [3.63, 3.8) is 0 Å². The molecule has 192 valence electrons. The largest absolute Gasteiger partial charge is 0.507 e. The number of ether oxygens (including phenoxy) is 3. The third-order valence-corrected chi connectivity index (χ3v) is 6.39. The van der Waals surface area contributed by atoms with Gasteiger partial charge >= 0.3 is 0 Å². The van der Waals surface area contributed by atoms with Crippen LogP contribution in [0.1, 0.15) is 36.6 Å². The molecule has 1 amide bonds. The molecule has 4 rings (SSSR count). The van der Waals surface area contributed by atoms with Crippen LogP contribution in [0.5, 0.6) is 17.2 Å². The molecule has 37 heavy (non-hydrogen) atoms. The van der Waals surface area contributed by atoms with Gasteiger partial charge in [-0.15, -0.1) is 0 Å². The van der Waals surface area contributed by atoms with Gasteiger partial charge in [0.2, 0.25) is 0 Å². The molecule has 1 saturated heterocycles. The van der Waals surface area contributed by atoms with Crippen LogP contribution in [0.3, 0.4) is 0 Å². The van der Waals surface area contributed by atoms with E-state index in [2.05, 4.69) is 0 Å². The summed E-state index contributed by atoms with van der Waals surface area (Å²) in [6.45, 7) is 4.65. The number of aliphatic hydroxyl groups is 1. The molecule has 1 atom stereocenters. The van der Waals surface area contributed by atoms with Crippen molar-refractivity contribution in [1.29, 1.82) is 0 Å². The molecule has 3 aromatic rings. The molecule has 1 fully saturated rings. The lowest BCUT2D eigenvalue weighted by Crippen LogP contribution is -2.29. The fraction of sp³-hybridized carbons (Fsp3) is 0.241. The topological polar surface area (TPSA) is 85.3 Å². The first kappa shape index (κ1) is 26.1. The number of para-hydroxylation sites is 1. The number of halogens is 1. The van der Waals surface area contributed by atoms with Crippen molar-refractivity contribution in [2.24, 2.45) is 0 Å². The smallest absolute Gasteiger partial charge is 0.295 e. The van der Waals surface area contributed by atoms with Crippen molar-refractivity contribution in [2.75, 3.05) is 20.3 Å². The first-order valence-corrected chi connectivity index (χ1v) is 12.3. The fourth-order valence-corrected chi connectivity index (χ4v) is 4.64. The number of nitrogens with zero attached hydrogens (tertiary/aromatic N) is 1. The molecule has 0 bridgehead atoms. The van der Waals surface area contributed by atoms with Crippen LogP contribution in [0.15, 0.2) is 72.3 Å². The van der Waals surface area contributed by atoms with Gasteiger partial charge < -0.3 is 24.2 Å². The van der Waals surface area contributed by atoms with Gasteiger partial charge in [-0.1, -0.05) is 41.9 Å². The Morgan fingerprint density at radius 3 is 2.35 bits per heavy atom. The number of carbonyl (C=O) groups excluding carboxylic acids is 2. The van der Waals surface area contributed by atoms with E-state index in [0.29, 0.717) is 41.6 Å². The highest BCUT2D eigenvalue weighted by atomic mass is 35.5. The third-order valence-electron chi connectivity index (χ3n) is 6.06. The summed E-state index contributed by atoms with van der Waals surface area (Å²) in [6, 6.07) is 18.3. The van der Waals surface area contributed by atoms with E-state index in [1.54, 1.807) is 55.6 Å². The summed E-state index contributed by atoms with van der Waals surface area (Å²) in [5.74, 6) is -0.280. The highest BCUT2D eigenvalue weighted by molar-refractivity contribution is 6.47. The Balaban J connectivity index is 1.90. The Labute approximate surface area is 220 Å². The van der Waals surface area contributed by atoms with Crippen LogP contribution in [-0.2, 0) is 16.1 Å². The summed E-state index contributed by atoms with van der Waals surface area (Å²) in [5, 5.41) is 11.7. The molecule has 0 aliphatic carbocycles. The van der Waals surface area contributed by atoms with Gasteiger partial charge in [0.15, 0.2) is 0 Å². The second-order valence-corrected chi connectivity index (χ2v) is 8.73. The number of methoxy groups -OCH3 is 1. The van der Waals surface area contributed by atoms with Crippen LogP contribution in [0.25, 0.3) is 5.76 Å². The first-order valence-electron chi connectivity index (χ1n) is 11.9. The number of Topliss-reactive ketones (excluding diaryl/α,β-unsaturated/α-hetero) is 1. The number of carbonyl (C=O) groups is 2. The average Bonchev–Trinajstić information content (AvgIpc) is 3.15. The number of rotatable bonds is 9. The van der Waals surface area contributed by atoms with E-state index in [4.69, 9.17) is 25.8 Å². The maximum absolute atomic E-state index is 13.4. The molecule has 0 spiro atoms. The van der Waals surface area contributed by atoms with Gasteiger partial charge in [-0.25, -0.2) is 0 Å². The molecule has 8 heteroatoms. The van der Waals surface area contributed by atoms with Gasteiger partial charge in [-0.05, 0) is 55.8 Å². The zero-order valence-corrected chi connectivity index (χ0v) is 21.6. The molecule has 1 aliphatic heterocycles. The van der Waals surface area contributed by atoms with E-state index < -0.39 is 17.7 Å². The average molecular weight is 522 g/mol. The van der Waals surface area contributed by atoms with Gasteiger partial charge in [0.1, 0.15) is 23.0 Å². The molecule has 0 saturated carbocycles. The number of likely N-dealkylation sites (tertiary alicyclic amines) is 1. The van der Waals surface area contributed by atoms with E-state index in [1.165, 1.54) is 4.90 Å². The summed E-state index contributed by atoms with van der Waals surface area (Å²) in [6.07, 6.45) is 0. The Morgan fingerprint density at radius 2 is 1.65 bits per heavy atom. The standard InChI is InChI=1S/C29H28ClNO6/c1-4-36-20-11-8-10-18(15-20)26-25(27(32)22-16-21(37-5-2)13-14-23(22)30)28(33)29(34)31(26)17-19-9-6-7-12-24(19)35-3/h6-16,26,32H,4-5,17H2,1-3H3/b27-25+. The quantitative estimate of drug-likeness (QED) is 0.219. The van der Waals surface area contributed by atoms with E-state index >= 15 is 0 Å². The van der Waals surface area contributed by atoms with Crippen LogP contribution in [0.4, 0.5) is 0 Å². The second kappa shape index (κ2) is 11.4. The Kier molecular flexibility index (Phi) is 8.04. The minimum Gasteiger partial charge on any atom is -0.507 e. The zero-order chi connectivity index (χ0) is 26.5. The molecule has 3 aromatic carbocycles. The first-order chi connectivity index (χ1) is 17.9. The molecule has 1 heterocycles. The Hall–Kier alpha value is -3.97. The van der Waals surface area contributed by atoms with Gasteiger partial charge in [-0.3, -0.25) is 9.59 Å². The van der Waals surface area contributed by atoms with Crippen molar-refractivity contribution in [3.05, 3.63) is 94.0 Å². The predicted octanol–water partition coefficient (Wildman–Crippen LogP) is 5.77. The number of hydrogen-bond donors (Lipinski definition) is 1. The van der Waals surface area contributed by atoms with E-state index in [1.807, 2.05) is 32.0 Å². The maximum Gasteiger partial charge on any atom is 0.295 e. The number of benzene rings is 3. The van der Waals surface area contributed by atoms with Crippen molar-refractivity contribution in [3.8, 4) is 17.2 Å². The van der Waals surface area contributed by atoms with Crippen molar-refractivity contribution in [1.82, 2.24) is 4.90 Å². The summed E-state index contributed by atoms with van der Waals surface area (Å²) >= 11 is 6.42.